The molecule has 0 saturated carbocycles. The van der Waals surface area contributed by atoms with Gasteiger partial charge in [-0.25, -0.2) is 14.4 Å². The van der Waals surface area contributed by atoms with Crippen LogP contribution >= 0.6 is 11.3 Å². The maximum absolute atomic E-state index is 13.7. The molecule has 0 bridgehead atoms. The normalized spacial score (nSPS) is 17.2. The van der Waals surface area contributed by atoms with Crippen molar-refractivity contribution in [2.45, 2.75) is 26.4 Å². The van der Waals surface area contributed by atoms with Gasteiger partial charge in [-0.3, -0.25) is 0 Å². The summed E-state index contributed by atoms with van der Waals surface area (Å²) >= 11 is 1.64. The fraction of sp³-hybridized carbons (Fsp3) is 0.333. The number of hydrogen-bond acceptors (Lipinski definition) is 6. The molecule has 25 heavy (non-hydrogen) atoms. The van der Waals surface area contributed by atoms with Crippen molar-refractivity contribution in [1.29, 1.82) is 0 Å². The number of anilines is 2. The minimum absolute atomic E-state index is 0.0575. The minimum atomic E-state index is -0.338. The van der Waals surface area contributed by atoms with Gasteiger partial charge in [0, 0.05) is 17.4 Å². The van der Waals surface area contributed by atoms with E-state index in [4.69, 9.17) is 9.47 Å². The van der Waals surface area contributed by atoms with Gasteiger partial charge in [-0.2, -0.15) is 0 Å². The fourth-order valence-electron chi connectivity index (χ4n) is 2.89. The lowest BCUT2D eigenvalue weighted by molar-refractivity contribution is 0.141. The number of ether oxygens (including phenoxy) is 2. The smallest absolute Gasteiger partial charge is 0.146 e. The largest absolute Gasteiger partial charge is 0.486 e. The van der Waals surface area contributed by atoms with Crippen LogP contribution in [0, 0.1) is 19.7 Å². The number of nitrogens with zero attached hydrogens (tertiary/aromatic N) is 2. The second kappa shape index (κ2) is 6.57. The molecule has 4 rings (SSSR count). The lowest BCUT2D eigenvalue weighted by Gasteiger charge is -2.17. The second-order valence-electron chi connectivity index (χ2n) is 6.05. The third-order valence-corrected chi connectivity index (χ3v) is 5.46. The number of fused-ring (bicyclic) bond motifs is 1. The Hall–Kier alpha value is -2.25. The van der Waals surface area contributed by atoms with Crippen LogP contribution in [-0.4, -0.2) is 29.3 Å². The molecule has 1 aliphatic rings. The summed E-state index contributed by atoms with van der Waals surface area (Å²) in [5.41, 5.74) is 1.83. The monoisotopic (exact) mass is 359 g/mol. The predicted octanol–water partition coefficient (Wildman–Crippen LogP) is 4.36. The third kappa shape index (κ3) is 3.17. The van der Waals surface area contributed by atoms with Crippen LogP contribution in [0.25, 0.3) is 10.2 Å². The molecule has 3 heterocycles. The van der Waals surface area contributed by atoms with Gasteiger partial charge in [0.2, 0.25) is 0 Å². The van der Waals surface area contributed by atoms with Gasteiger partial charge in [0.15, 0.2) is 0 Å². The third-order valence-electron chi connectivity index (χ3n) is 4.34. The molecule has 0 amide bonds. The first-order valence-electron chi connectivity index (χ1n) is 8.13. The molecule has 0 unspecified atom stereocenters. The zero-order valence-electron chi connectivity index (χ0n) is 14.0. The van der Waals surface area contributed by atoms with Crippen molar-refractivity contribution in [2.24, 2.45) is 0 Å². The van der Waals surface area contributed by atoms with Crippen molar-refractivity contribution < 1.29 is 13.9 Å². The first-order valence-corrected chi connectivity index (χ1v) is 8.95. The van der Waals surface area contributed by atoms with Crippen molar-refractivity contribution in [3.63, 3.8) is 0 Å². The molecular formula is C18H18FN3O2S. The molecule has 130 valence electrons. The van der Waals surface area contributed by atoms with Crippen molar-refractivity contribution in [3.05, 3.63) is 40.8 Å². The summed E-state index contributed by atoms with van der Waals surface area (Å²) in [5.74, 6) is 0.827. The van der Waals surface area contributed by atoms with Crippen LogP contribution in [0.3, 0.4) is 0 Å². The Morgan fingerprint density at radius 1 is 1.32 bits per heavy atom. The predicted molar refractivity (Wildman–Crippen MR) is 96.4 cm³/mol. The molecule has 1 saturated heterocycles. The van der Waals surface area contributed by atoms with Gasteiger partial charge in [0.1, 0.15) is 34.6 Å². The van der Waals surface area contributed by atoms with E-state index in [1.165, 1.54) is 23.3 Å². The number of aryl methyl sites for hydroxylation is 2. The van der Waals surface area contributed by atoms with E-state index in [1.54, 1.807) is 17.4 Å². The molecule has 7 heteroatoms. The molecule has 2 aromatic heterocycles. The molecule has 5 nitrogen and oxygen atoms in total. The molecule has 0 radical (unpaired) electrons. The van der Waals surface area contributed by atoms with E-state index in [9.17, 15) is 4.39 Å². The van der Waals surface area contributed by atoms with Gasteiger partial charge < -0.3 is 14.8 Å². The minimum Gasteiger partial charge on any atom is -0.486 e. The van der Waals surface area contributed by atoms with Crippen LogP contribution < -0.4 is 10.1 Å². The van der Waals surface area contributed by atoms with Crippen molar-refractivity contribution in [3.8, 4) is 5.75 Å². The molecule has 1 aliphatic heterocycles. The van der Waals surface area contributed by atoms with Gasteiger partial charge >= 0.3 is 0 Å². The number of thiophene rings is 1. The summed E-state index contributed by atoms with van der Waals surface area (Å²) in [5, 5.41) is 4.28. The summed E-state index contributed by atoms with van der Waals surface area (Å²) in [6.45, 7) is 5.32. The summed E-state index contributed by atoms with van der Waals surface area (Å²) in [6.07, 6.45) is 2.28. The molecule has 1 aromatic carbocycles. The van der Waals surface area contributed by atoms with Gasteiger partial charge in [0.25, 0.3) is 0 Å². The number of aromatic nitrogens is 2. The zero-order chi connectivity index (χ0) is 17.4. The zero-order valence-corrected chi connectivity index (χ0v) is 14.8. The molecule has 1 fully saturated rings. The van der Waals surface area contributed by atoms with Crippen LogP contribution in [0.2, 0.25) is 0 Å². The number of rotatable bonds is 4. The summed E-state index contributed by atoms with van der Waals surface area (Å²) < 4.78 is 25.0. The second-order valence-corrected chi connectivity index (χ2v) is 7.26. The fourth-order valence-corrected chi connectivity index (χ4v) is 3.88. The van der Waals surface area contributed by atoms with E-state index in [0.717, 1.165) is 22.2 Å². The maximum Gasteiger partial charge on any atom is 0.146 e. The van der Waals surface area contributed by atoms with E-state index in [1.807, 2.05) is 0 Å². The van der Waals surface area contributed by atoms with Crippen molar-refractivity contribution >= 4 is 33.1 Å². The average molecular weight is 359 g/mol. The Balaban J connectivity index is 1.71. The topological polar surface area (TPSA) is 56.3 Å². The van der Waals surface area contributed by atoms with Crippen LogP contribution in [0.5, 0.6) is 5.75 Å². The Labute approximate surface area is 148 Å². The molecule has 3 aromatic rings. The Morgan fingerprint density at radius 3 is 3.00 bits per heavy atom. The standard InChI is InChI=1S/C18H18FN3O2S/c1-10-11(2)25-18-16(10)17(20-9-21-18)22-14-4-3-12(19)7-15(14)24-13-5-6-23-8-13/h3-4,7,9,13H,5-6,8H2,1-2H3,(H,20,21,22)/t13-/m0/s1. The van der Waals surface area contributed by atoms with Gasteiger partial charge in [-0.05, 0) is 31.5 Å². The highest BCUT2D eigenvalue weighted by atomic mass is 32.1. The SMILES string of the molecule is Cc1sc2ncnc(Nc3ccc(F)cc3O[C@H]3CCOC3)c2c1C. The lowest BCUT2D eigenvalue weighted by Crippen LogP contribution is -2.16. The van der Waals surface area contributed by atoms with Crippen LogP contribution in [0.1, 0.15) is 16.9 Å². The van der Waals surface area contributed by atoms with Crippen LogP contribution in [0.4, 0.5) is 15.9 Å². The Bertz CT molecular complexity index is 922. The highest BCUT2D eigenvalue weighted by molar-refractivity contribution is 7.18. The van der Waals surface area contributed by atoms with E-state index in [2.05, 4.69) is 29.1 Å². The van der Waals surface area contributed by atoms with E-state index >= 15 is 0 Å². The number of hydrogen-bond donors (Lipinski definition) is 1. The highest BCUT2D eigenvalue weighted by Gasteiger charge is 2.20. The Morgan fingerprint density at radius 2 is 2.20 bits per heavy atom. The highest BCUT2D eigenvalue weighted by Crippen LogP contribution is 2.36. The van der Waals surface area contributed by atoms with Crippen LogP contribution in [0.15, 0.2) is 24.5 Å². The van der Waals surface area contributed by atoms with Crippen molar-refractivity contribution in [1.82, 2.24) is 9.97 Å². The van der Waals surface area contributed by atoms with Gasteiger partial charge in [-0.1, -0.05) is 0 Å². The number of nitrogens with one attached hydrogen (secondary N) is 1. The van der Waals surface area contributed by atoms with E-state index in [0.29, 0.717) is 30.5 Å². The average Bonchev–Trinajstić information content (AvgIpc) is 3.19. The molecule has 1 atom stereocenters. The van der Waals surface area contributed by atoms with Gasteiger partial charge in [0.05, 0.1) is 24.3 Å². The number of halogens is 1. The summed E-state index contributed by atoms with van der Waals surface area (Å²) in [7, 11) is 0. The van der Waals surface area contributed by atoms with Crippen LogP contribution in [-0.2, 0) is 4.74 Å². The molecule has 0 aliphatic carbocycles. The molecular weight excluding hydrogens is 341 g/mol. The first kappa shape index (κ1) is 16.2. The lowest BCUT2D eigenvalue weighted by atomic mass is 10.2. The number of benzene rings is 1. The molecule has 0 spiro atoms. The summed E-state index contributed by atoms with van der Waals surface area (Å²) in [6, 6.07) is 4.47. The van der Waals surface area contributed by atoms with E-state index in [-0.39, 0.29) is 11.9 Å². The quantitative estimate of drug-likeness (QED) is 0.750. The molecule has 1 N–H and O–H groups in total. The first-order chi connectivity index (χ1) is 12.1. The maximum atomic E-state index is 13.7. The van der Waals surface area contributed by atoms with E-state index < -0.39 is 0 Å². The van der Waals surface area contributed by atoms with Crippen molar-refractivity contribution in [2.75, 3.05) is 18.5 Å². The van der Waals surface area contributed by atoms with Gasteiger partial charge in [-0.15, -0.1) is 11.3 Å². The Kier molecular flexibility index (Phi) is 4.27. The summed E-state index contributed by atoms with van der Waals surface area (Å²) in [4.78, 5) is 10.9.